The molecule has 0 fully saturated rings. The van der Waals surface area contributed by atoms with E-state index in [1.807, 2.05) is 24.0 Å². The Morgan fingerprint density at radius 2 is 1.78 bits per heavy atom. The average Bonchev–Trinajstić information content (AvgIpc) is 2.45. The molecular formula is C18H30ClN3O. The van der Waals surface area contributed by atoms with Gasteiger partial charge in [-0.15, -0.1) is 12.4 Å². The molecule has 0 saturated carbocycles. The first kappa shape index (κ1) is 19.6. The normalized spacial score (nSPS) is 15.2. The Balaban J connectivity index is 0.00000264. The van der Waals surface area contributed by atoms with Crippen LogP contribution in [0.25, 0.3) is 0 Å². The van der Waals surface area contributed by atoms with Crippen molar-refractivity contribution in [3.05, 3.63) is 23.8 Å². The first-order valence-electron chi connectivity index (χ1n) is 8.30. The Labute approximate surface area is 146 Å². The van der Waals surface area contributed by atoms with Crippen molar-refractivity contribution < 1.29 is 4.79 Å². The summed E-state index contributed by atoms with van der Waals surface area (Å²) in [7, 11) is 0. The van der Waals surface area contributed by atoms with Gasteiger partial charge < -0.3 is 15.5 Å². The molecule has 1 heterocycles. The number of halogens is 1. The van der Waals surface area contributed by atoms with Gasteiger partial charge in [0.2, 0.25) is 5.91 Å². The lowest BCUT2D eigenvalue weighted by molar-refractivity contribution is -0.135. The Morgan fingerprint density at radius 1 is 1.17 bits per heavy atom. The van der Waals surface area contributed by atoms with E-state index in [4.69, 9.17) is 5.73 Å². The maximum absolute atomic E-state index is 13.0. The molecule has 1 aliphatic rings. The summed E-state index contributed by atoms with van der Waals surface area (Å²) in [6, 6.07) is 6.27. The molecule has 4 nitrogen and oxygen atoms in total. The van der Waals surface area contributed by atoms with Crippen molar-refractivity contribution in [3.63, 3.8) is 0 Å². The quantitative estimate of drug-likeness (QED) is 0.854. The molecule has 1 aromatic carbocycles. The molecule has 0 radical (unpaired) electrons. The van der Waals surface area contributed by atoms with Gasteiger partial charge in [0.05, 0.1) is 0 Å². The fourth-order valence-corrected chi connectivity index (χ4v) is 3.54. The monoisotopic (exact) mass is 339 g/mol. The first-order valence-corrected chi connectivity index (χ1v) is 8.30. The number of anilines is 2. The minimum atomic E-state index is -0.161. The molecule has 0 spiro atoms. The molecule has 0 aromatic heterocycles. The molecule has 2 rings (SSSR count). The Hall–Kier alpha value is -1.42. The van der Waals surface area contributed by atoms with Crippen LogP contribution in [0, 0.1) is 0 Å². The number of amides is 1. The van der Waals surface area contributed by atoms with Gasteiger partial charge in [0.1, 0.15) is 6.04 Å². The summed E-state index contributed by atoms with van der Waals surface area (Å²) in [5.41, 5.74) is 9.27. The topological polar surface area (TPSA) is 49.6 Å². The van der Waals surface area contributed by atoms with E-state index in [9.17, 15) is 4.79 Å². The van der Waals surface area contributed by atoms with Crippen LogP contribution in [0.5, 0.6) is 0 Å². The lowest BCUT2D eigenvalue weighted by atomic mass is 9.98. The molecule has 0 aliphatic carbocycles. The van der Waals surface area contributed by atoms with Crippen molar-refractivity contribution in [2.75, 3.05) is 17.2 Å². The average molecular weight is 340 g/mol. The van der Waals surface area contributed by atoms with Crippen molar-refractivity contribution in [1.82, 2.24) is 4.90 Å². The minimum absolute atomic E-state index is 0. The molecule has 1 amide bonds. The maximum Gasteiger partial charge on any atom is 0.245 e. The van der Waals surface area contributed by atoms with Gasteiger partial charge in [0.15, 0.2) is 0 Å². The second kappa shape index (κ2) is 7.91. The summed E-state index contributed by atoms with van der Waals surface area (Å²) in [6.07, 6.45) is 2.04. The number of benzene rings is 1. The smallest absolute Gasteiger partial charge is 0.245 e. The van der Waals surface area contributed by atoms with Crippen LogP contribution in [0.15, 0.2) is 18.2 Å². The molecule has 0 bridgehead atoms. The summed E-state index contributed by atoms with van der Waals surface area (Å²) in [4.78, 5) is 17.2. The van der Waals surface area contributed by atoms with E-state index in [1.165, 1.54) is 5.56 Å². The third-order valence-corrected chi connectivity index (χ3v) is 4.51. The first-order chi connectivity index (χ1) is 10.3. The van der Waals surface area contributed by atoms with Gasteiger partial charge in [-0.3, -0.25) is 4.79 Å². The number of fused-ring (bicyclic) bond motifs is 1. The van der Waals surface area contributed by atoms with Crippen LogP contribution in [0.4, 0.5) is 11.4 Å². The van der Waals surface area contributed by atoms with E-state index in [1.54, 1.807) is 0 Å². The summed E-state index contributed by atoms with van der Waals surface area (Å²) in [5, 5.41) is 0. The van der Waals surface area contributed by atoms with Gasteiger partial charge >= 0.3 is 0 Å². The summed E-state index contributed by atoms with van der Waals surface area (Å²) in [6.45, 7) is 11.2. The predicted octanol–water partition coefficient (Wildman–Crippen LogP) is 3.48. The highest BCUT2D eigenvalue weighted by Crippen LogP contribution is 2.33. The molecule has 1 atom stereocenters. The second-order valence-corrected chi connectivity index (χ2v) is 6.75. The summed E-state index contributed by atoms with van der Waals surface area (Å²) >= 11 is 0. The molecule has 1 aliphatic heterocycles. The summed E-state index contributed by atoms with van der Waals surface area (Å²) < 4.78 is 0. The molecule has 1 aromatic rings. The number of carbonyl (C=O) groups excluding carboxylic acids is 1. The standard InChI is InChI=1S/C18H29N3O.ClH/c1-12(2)21(13(3)4)18(22)14(5)20-11-7-8-15-16(19)9-6-10-17(15)20;/h6,9-10,12-14H,7-8,11,19H2,1-5H3;1H. The van der Waals surface area contributed by atoms with Crippen LogP contribution >= 0.6 is 12.4 Å². The van der Waals surface area contributed by atoms with Crippen LogP contribution in [-0.2, 0) is 11.2 Å². The maximum atomic E-state index is 13.0. The lowest BCUT2D eigenvalue weighted by Gasteiger charge is -2.40. The SMILES string of the molecule is CC(C(=O)N(C(C)C)C(C)C)N1CCCc2c(N)cccc21.Cl. The highest BCUT2D eigenvalue weighted by Gasteiger charge is 2.31. The fraction of sp³-hybridized carbons (Fsp3) is 0.611. The second-order valence-electron chi connectivity index (χ2n) is 6.75. The van der Waals surface area contributed by atoms with Crippen LogP contribution in [0.2, 0.25) is 0 Å². The number of rotatable bonds is 4. The van der Waals surface area contributed by atoms with Crippen molar-refractivity contribution >= 4 is 29.7 Å². The highest BCUT2D eigenvalue weighted by molar-refractivity contribution is 5.86. The van der Waals surface area contributed by atoms with Crippen molar-refractivity contribution in [1.29, 1.82) is 0 Å². The van der Waals surface area contributed by atoms with Gasteiger partial charge in [-0.1, -0.05) is 6.07 Å². The Morgan fingerprint density at radius 3 is 2.35 bits per heavy atom. The van der Waals surface area contributed by atoms with Gasteiger partial charge in [-0.25, -0.2) is 0 Å². The van der Waals surface area contributed by atoms with E-state index in [0.717, 1.165) is 30.8 Å². The molecule has 5 heteroatoms. The van der Waals surface area contributed by atoms with E-state index >= 15 is 0 Å². The molecule has 2 N–H and O–H groups in total. The number of hydrogen-bond donors (Lipinski definition) is 1. The molecule has 23 heavy (non-hydrogen) atoms. The van der Waals surface area contributed by atoms with E-state index < -0.39 is 0 Å². The number of nitrogens with two attached hydrogens (primary N) is 1. The van der Waals surface area contributed by atoms with Crippen molar-refractivity contribution in [3.8, 4) is 0 Å². The molecular weight excluding hydrogens is 310 g/mol. The van der Waals surface area contributed by atoms with Crippen LogP contribution in [0.1, 0.15) is 46.6 Å². The molecule has 130 valence electrons. The predicted molar refractivity (Wildman–Crippen MR) is 100 cm³/mol. The van der Waals surface area contributed by atoms with Crippen LogP contribution in [0.3, 0.4) is 0 Å². The Kier molecular flexibility index (Phi) is 6.75. The molecule has 1 unspecified atom stereocenters. The largest absolute Gasteiger partial charge is 0.398 e. The number of carbonyl (C=O) groups is 1. The van der Waals surface area contributed by atoms with E-state index in [-0.39, 0.29) is 36.4 Å². The fourth-order valence-electron chi connectivity index (χ4n) is 3.54. The highest BCUT2D eigenvalue weighted by atomic mass is 35.5. The zero-order chi connectivity index (χ0) is 16.4. The number of nitrogen functional groups attached to an aromatic ring is 1. The Bertz CT molecular complexity index is 537. The lowest BCUT2D eigenvalue weighted by Crippen LogP contribution is -2.53. The van der Waals surface area contributed by atoms with E-state index in [0.29, 0.717) is 0 Å². The van der Waals surface area contributed by atoms with Gasteiger partial charge in [-0.05, 0) is 65.2 Å². The number of hydrogen-bond acceptors (Lipinski definition) is 3. The van der Waals surface area contributed by atoms with Gasteiger partial charge in [-0.2, -0.15) is 0 Å². The zero-order valence-corrected chi connectivity index (χ0v) is 15.7. The van der Waals surface area contributed by atoms with Crippen LogP contribution in [-0.4, -0.2) is 35.5 Å². The zero-order valence-electron chi connectivity index (χ0n) is 14.9. The number of nitrogens with zero attached hydrogens (tertiary/aromatic N) is 2. The van der Waals surface area contributed by atoms with Gasteiger partial charge in [0, 0.05) is 30.0 Å². The third-order valence-electron chi connectivity index (χ3n) is 4.51. The van der Waals surface area contributed by atoms with Crippen molar-refractivity contribution in [2.24, 2.45) is 0 Å². The minimum Gasteiger partial charge on any atom is -0.398 e. The molecule has 0 saturated heterocycles. The van der Waals surface area contributed by atoms with Crippen molar-refractivity contribution in [2.45, 2.75) is 65.6 Å². The third kappa shape index (κ3) is 3.92. The van der Waals surface area contributed by atoms with Crippen LogP contribution < -0.4 is 10.6 Å². The van der Waals surface area contributed by atoms with Gasteiger partial charge in [0.25, 0.3) is 0 Å². The van der Waals surface area contributed by atoms with E-state index in [2.05, 4.69) is 38.7 Å². The summed E-state index contributed by atoms with van der Waals surface area (Å²) in [5.74, 6) is 0.195.